The van der Waals surface area contributed by atoms with Gasteiger partial charge in [-0.25, -0.2) is 0 Å². The Hall–Kier alpha value is -0.740. The number of methoxy groups -OCH3 is 1. The van der Waals surface area contributed by atoms with Crippen molar-refractivity contribution in [3.05, 3.63) is 62.0 Å². The van der Waals surface area contributed by atoms with Gasteiger partial charge in [0.05, 0.1) is 17.6 Å². The molecule has 20 heavy (non-hydrogen) atoms. The number of hydrogen-bond acceptors (Lipinski definition) is 2. The Bertz CT molecular complexity index is 602. The maximum absolute atomic E-state index is 6.16. The predicted molar refractivity (Wildman–Crippen MR) is 88.1 cm³/mol. The van der Waals surface area contributed by atoms with E-state index in [2.05, 4.69) is 21.2 Å². The van der Waals surface area contributed by atoms with Gasteiger partial charge in [-0.05, 0) is 52.8 Å². The van der Waals surface area contributed by atoms with Gasteiger partial charge >= 0.3 is 0 Å². The van der Waals surface area contributed by atoms with E-state index in [1.54, 1.807) is 7.11 Å². The van der Waals surface area contributed by atoms with Crippen LogP contribution >= 0.6 is 39.1 Å². The van der Waals surface area contributed by atoms with Crippen LogP contribution in [0.25, 0.3) is 0 Å². The van der Waals surface area contributed by atoms with Crippen molar-refractivity contribution in [3.63, 3.8) is 0 Å². The van der Waals surface area contributed by atoms with E-state index in [0.29, 0.717) is 10.0 Å². The molecule has 0 aliphatic rings. The third-order valence-electron chi connectivity index (χ3n) is 3.04. The van der Waals surface area contributed by atoms with Crippen LogP contribution in [0.15, 0.2) is 40.9 Å². The Kier molecular flexibility index (Phi) is 5.33. The summed E-state index contributed by atoms with van der Waals surface area (Å²) in [6.45, 7) is 0. The first kappa shape index (κ1) is 15.6. The van der Waals surface area contributed by atoms with Gasteiger partial charge in [0.2, 0.25) is 0 Å². The highest BCUT2D eigenvalue weighted by Crippen LogP contribution is 2.38. The van der Waals surface area contributed by atoms with Crippen LogP contribution in [-0.4, -0.2) is 14.2 Å². The highest BCUT2D eigenvalue weighted by Gasteiger charge is 2.19. The lowest BCUT2D eigenvalue weighted by atomic mass is 9.98. The molecule has 0 saturated carbocycles. The summed E-state index contributed by atoms with van der Waals surface area (Å²) < 4.78 is 6.32. The molecule has 0 heterocycles. The molecule has 1 N–H and O–H groups in total. The highest BCUT2D eigenvalue weighted by molar-refractivity contribution is 9.10. The van der Waals surface area contributed by atoms with Crippen LogP contribution in [0.5, 0.6) is 5.75 Å². The van der Waals surface area contributed by atoms with Crippen molar-refractivity contribution in [2.45, 2.75) is 6.04 Å². The van der Waals surface area contributed by atoms with E-state index >= 15 is 0 Å². The third kappa shape index (κ3) is 3.29. The van der Waals surface area contributed by atoms with Gasteiger partial charge < -0.3 is 10.1 Å². The molecular weight excluding hydrogens is 361 g/mol. The maximum Gasteiger partial charge on any atom is 0.138 e. The van der Waals surface area contributed by atoms with Crippen molar-refractivity contribution >= 4 is 39.1 Å². The minimum atomic E-state index is -0.0304. The van der Waals surface area contributed by atoms with E-state index < -0.39 is 0 Å². The summed E-state index contributed by atoms with van der Waals surface area (Å²) in [4.78, 5) is 0. The molecule has 0 fully saturated rings. The van der Waals surface area contributed by atoms with Gasteiger partial charge in [-0.3, -0.25) is 0 Å². The maximum atomic E-state index is 6.16. The van der Waals surface area contributed by atoms with Crippen molar-refractivity contribution in [2.24, 2.45) is 0 Å². The Labute approximate surface area is 137 Å². The molecule has 2 rings (SSSR count). The first-order chi connectivity index (χ1) is 9.56. The van der Waals surface area contributed by atoms with E-state index in [0.717, 1.165) is 21.3 Å². The second kappa shape index (κ2) is 6.81. The summed E-state index contributed by atoms with van der Waals surface area (Å²) in [6, 6.07) is 11.4. The molecule has 0 saturated heterocycles. The summed E-state index contributed by atoms with van der Waals surface area (Å²) in [6.07, 6.45) is 0. The first-order valence-corrected chi connectivity index (χ1v) is 7.57. The van der Waals surface area contributed by atoms with Gasteiger partial charge in [-0.2, -0.15) is 0 Å². The van der Waals surface area contributed by atoms with Gasteiger partial charge in [-0.1, -0.05) is 35.3 Å². The second-order valence-corrected chi connectivity index (χ2v) is 6.01. The van der Waals surface area contributed by atoms with E-state index in [4.69, 9.17) is 27.9 Å². The Balaban J connectivity index is 2.54. The quantitative estimate of drug-likeness (QED) is 0.806. The van der Waals surface area contributed by atoms with E-state index in [1.165, 1.54) is 0 Å². The topological polar surface area (TPSA) is 21.3 Å². The molecule has 5 heteroatoms. The van der Waals surface area contributed by atoms with Crippen LogP contribution in [-0.2, 0) is 0 Å². The van der Waals surface area contributed by atoms with E-state index in [1.807, 2.05) is 43.4 Å². The van der Waals surface area contributed by atoms with Crippen molar-refractivity contribution in [3.8, 4) is 5.75 Å². The van der Waals surface area contributed by atoms with Crippen molar-refractivity contribution < 1.29 is 4.74 Å². The zero-order chi connectivity index (χ0) is 14.7. The molecular formula is C15H14BrCl2NO. The molecule has 0 aromatic heterocycles. The lowest BCUT2D eigenvalue weighted by molar-refractivity contribution is 0.403. The predicted octanol–water partition coefficient (Wildman–Crippen LogP) is 5.07. The minimum absolute atomic E-state index is 0.0304. The molecule has 2 aromatic carbocycles. The van der Waals surface area contributed by atoms with Gasteiger partial charge in [0, 0.05) is 15.6 Å². The molecule has 0 amide bonds. The molecule has 0 spiro atoms. The molecule has 2 nitrogen and oxygen atoms in total. The van der Waals surface area contributed by atoms with Crippen molar-refractivity contribution in [2.75, 3.05) is 14.2 Å². The van der Waals surface area contributed by atoms with Crippen LogP contribution in [0.1, 0.15) is 17.2 Å². The van der Waals surface area contributed by atoms with Crippen LogP contribution in [0, 0.1) is 0 Å². The van der Waals surface area contributed by atoms with Crippen molar-refractivity contribution in [1.29, 1.82) is 0 Å². The SMILES string of the molecule is CNC(c1ccc(Cl)cc1)c1cc(Cl)cc(Br)c1OC. The second-order valence-electron chi connectivity index (χ2n) is 4.28. The van der Waals surface area contributed by atoms with Crippen molar-refractivity contribution in [1.82, 2.24) is 5.32 Å². The third-order valence-corrected chi connectivity index (χ3v) is 4.10. The van der Waals surface area contributed by atoms with E-state index in [-0.39, 0.29) is 6.04 Å². The molecule has 1 unspecified atom stereocenters. The monoisotopic (exact) mass is 373 g/mol. The Morgan fingerprint density at radius 2 is 1.75 bits per heavy atom. The summed E-state index contributed by atoms with van der Waals surface area (Å²) in [5.74, 6) is 0.767. The smallest absolute Gasteiger partial charge is 0.138 e. The van der Waals surface area contributed by atoms with E-state index in [9.17, 15) is 0 Å². The molecule has 106 valence electrons. The number of rotatable bonds is 4. The number of ether oxygens (including phenoxy) is 1. The molecule has 0 aliphatic carbocycles. The van der Waals surface area contributed by atoms with Crippen LogP contribution in [0.4, 0.5) is 0 Å². The van der Waals surface area contributed by atoms with Crippen LogP contribution in [0.2, 0.25) is 10.0 Å². The fourth-order valence-electron chi connectivity index (χ4n) is 2.17. The van der Waals surface area contributed by atoms with Gasteiger partial charge in [0.15, 0.2) is 0 Å². The molecule has 0 aliphatic heterocycles. The van der Waals surface area contributed by atoms with Gasteiger partial charge in [-0.15, -0.1) is 0 Å². The molecule has 0 bridgehead atoms. The molecule has 2 aromatic rings. The number of halogens is 3. The number of nitrogens with one attached hydrogen (secondary N) is 1. The fourth-order valence-corrected chi connectivity index (χ4v) is 3.29. The summed E-state index contributed by atoms with van der Waals surface area (Å²) in [5, 5.41) is 4.65. The Morgan fingerprint density at radius 3 is 2.30 bits per heavy atom. The van der Waals surface area contributed by atoms with Gasteiger partial charge in [0.1, 0.15) is 5.75 Å². The summed E-state index contributed by atoms with van der Waals surface area (Å²) in [7, 11) is 3.54. The average molecular weight is 375 g/mol. The highest BCUT2D eigenvalue weighted by atomic mass is 79.9. The summed E-state index contributed by atoms with van der Waals surface area (Å²) >= 11 is 15.6. The standard InChI is InChI=1S/C15H14BrCl2NO/c1-19-14(9-3-5-10(17)6-4-9)12-7-11(18)8-13(16)15(12)20-2/h3-8,14,19H,1-2H3. The number of hydrogen-bond donors (Lipinski definition) is 1. The summed E-state index contributed by atoms with van der Waals surface area (Å²) in [5.41, 5.74) is 2.06. The molecule has 0 radical (unpaired) electrons. The first-order valence-electron chi connectivity index (χ1n) is 6.02. The Morgan fingerprint density at radius 1 is 1.10 bits per heavy atom. The van der Waals surface area contributed by atoms with Crippen LogP contribution < -0.4 is 10.1 Å². The normalized spacial score (nSPS) is 12.2. The lowest BCUT2D eigenvalue weighted by Gasteiger charge is -2.21. The van der Waals surface area contributed by atoms with Crippen LogP contribution in [0.3, 0.4) is 0 Å². The largest absolute Gasteiger partial charge is 0.495 e. The fraction of sp³-hybridized carbons (Fsp3) is 0.200. The lowest BCUT2D eigenvalue weighted by Crippen LogP contribution is -2.18. The van der Waals surface area contributed by atoms with Gasteiger partial charge in [0.25, 0.3) is 0 Å². The number of benzene rings is 2. The zero-order valence-electron chi connectivity index (χ0n) is 11.1. The zero-order valence-corrected chi connectivity index (χ0v) is 14.2. The average Bonchev–Trinajstić information content (AvgIpc) is 2.41. The minimum Gasteiger partial charge on any atom is -0.495 e. The molecule has 1 atom stereocenters.